The molecule has 2 heterocycles. The summed E-state index contributed by atoms with van der Waals surface area (Å²) in [6.07, 6.45) is 0. The second kappa shape index (κ2) is 12.6. The number of hydrogen-bond donors (Lipinski definition) is 2. The first-order valence-electron chi connectivity index (χ1n) is 12.4. The van der Waals surface area contributed by atoms with E-state index in [-0.39, 0.29) is 37.1 Å². The highest BCUT2D eigenvalue weighted by Gasteiger charge is 2.31. The van der Waals surface area contributed by atoms with E-state index in [9.17, 15) is 26.7 Å². The number of piperazine rings is 1. The van der Waals surface area contributed by atoms with Gasteiger partial charge >= 0.3 is 0 Å². The van der Waals surface area contributed by atoms with Crippen LogP contribution in [-0.2, 0) is 0 Å². The molecule has 5 rings (SSSR count). The zero-order valence-electron chi connectivity index (χ0n) is 21.6. The second-order valence-corrected chi connectivity index (χ2v) is 10.9. The Hall–Kier alpha value is -3.58. The summed E-state index contributed by atoms with van der Waals surface area (Å²) in [6, 6.07) is 12.8. The Kier molecular flexibility index (Phi) is 9.02. The highest BCUT2D eigenvalue weighted by molar-refractivity contribution is 7.80. The molecule has 0 radical (unpaired) electrons. The molecule has 4 aromatic rings. The first kappa shape index (κ1) is 30.9. The zero-order valence-corrected chi connectivity index (χ0v) is 24.7. The van der Waals surface area contributed by atoms with Crippen molar-refractivity contribution in [3.63, 3.8) is 0 Å². The quantitative estimate of drug-likeness (QED) is 0.0967. The molecule has 0 atom stereocenters. The Morgan fingerprint density at radius 1 is 0.767 bits per heavy atom. The van der Waals surface area contributed by atoms with Gasteiger partial charge in [-0.25, -0.2) is 22.0 Å². The third kappa shape index (κ3) is 6.37. The van der Waals surface area contributed by atoms with E-state index in [1.165, 1.54) is 6.07 Å². The number of furan rings is 1. The number of nitrogens with zero attached hydrogens (tertiary/aromatic N) is 2. The minimum absolute atomic E-state index is 0.0106. The average Bonchev–Trinajstić information content (AvgIpc) is 3.46. The highest BCUT2D eigenvalue weighted by Crippen LogP contribution is 2.34. The molecule has 1 amide bonds. The number of amides is 1. The normalized spacial score (nSPS) is 13.3. The molecule has 1 aliphatic rings. The molecular weight excluding hydrogens is 658 g/mol. The van der Waals surface area contributed by atoms with E-state index in [1.54, 1.807) is 47.4 Å². The maximum Gasteiger partial charge on any atom is 0.293 e. The molecule has 43 heavy (non-hydrogen) atoms. The fourth-order valence-corrected chi connectivity index (χ4v) is 5.52. The van der Waals surface area contributed by atoms with Crippen LogP contribution in [0.3, 0.4) is 0 Å². The lowest BCUT2D eigenvalue weighted by Crippen LogP contribution is -2.47. The van der Waals surface area contributed by atoms with Gasteiger partial charge in [0.1, 0.15) is 11.4 Å². The van der Waals surface area contributed by atoms with Gasteiger partial charge in [-0.3, -0.25) is 10.1 Å². The number of carbonyl (C=O) groups excluding carboxylic acids is 1. The van der Waals surface area contributed by atoms with Crippen LogP contribution in [0.4, 0.5) is 39.0 Å². The van der Waals surface area contributed by atoms with Crippen molar-refractivity contribution in [2.45, 2.75) is 0 Å². The van der Waals surface area contributed by atoms with Gasteiger partial charge in [0, 0.05) is 42.5 Å². The minimum atomic E-state index is -2.20. The molecule has 0 unspecified atom stereocenters. The van der Waals surface area contributed by atoms with Gasteiger partial charge < -0.3 is 19.5 Å². The average molecular weight is 676 g/mol. The Bertz CT molecular complexity index is 1720. The maximum absolute atomic E-state index is 14.2. The minimum Gasteiger partial charge on any atom is -0.451 e. The lowest BCUT2D eigenvalue weighted by Gasteiger charge is -2.38. The SMILES string of the molecule is O=C(NC(=S)Nc1ccc(N2CCN(c3c(F)c(F)c(F)c(F)c3F)CC2)c(Cl)c1)c1ccc(-c2ccc(Cl)cc2Cl)o1. The standard InChI is InChI=1S/C28H18Cl3F5N4O2S/c29-13-1-3-15(16(30)11-13)19-5-6-20(42-19)27(41)38-28(43)37-14-2-4-18(17(31)12-14)39-7-9-40(10-8-39)26-24(35)22(33)21(32)23(34)25(26)36/h1-6,11-12H,7-10H2,(H2,37,38,41,43). The fourth-order valence-electron chi connectivity index (χ4n) is 4.50. The summed E-state index contributed by atoms with van der Waals surface area (Å²) in [5.41, 5.74) is 0.617. The van der Waals surface area contributed by atoms with Gasteiger partial charge in [-0.2, -0.15) is 0 Å². The number of hydrogen-bond acceptors (Lipinski definition) is 5. The largest absolute Gasteiger partial charge is 0.451 e. The number of thiocarbonyl (C=S) groups is 1. The molecule has 0 aliphatic carbocycles. The molecule has 1 saturated heterocycles. The van der Waals surface area contributed by atoms with Crippen molar-refractivity contribution >= 4 is 75.1 Å². The van der Waals surface area contributed by atoms with Crippen LogP contribution in [0.5, 0.6) is 0 Å². The van der Waals surface area contributed by atoms with Crippen molar-refractivity contribution in [3.8, 4) is 11.3 Å². The van der Waals surface area contributed by atoms with Crippen LogP contribution in [0.2, 0.25) is 15.1 Å². The van der Waals surface area contributed by atoms with Gasteiger partial charge in [0.15, 0.2) is 34.1 Å². The summed E-state index contributed by atoms with van der Waals surface area (Å²) in [6.45, 7) is 0.326. The first-order valence-corrected chi connectivity index (χ1v) is 14.0. The lowest BCUT2D eigenvalue weighted by molar-refractivity contribution is 0.0951. The van der Waals surface area contributed by atoms with Crippen molar-refractivity contribution in [2.75, 3.05) is 41.3 Å². The number of nitrogens with one attached hydrogen (secondary N) is 2. The van der Waals surface area contributed by atoms with Gasteiger partial charge in [0.2, 0.25) is 5.82 Å². The van der Waals surface area contributed by atoms with E-state index < -0.39 is 40.7 Å². The van der Waals surface area contributed by atoms with E-state index in [2.05, 4.69) is 10.6 Å². The fraction of sp³-hybridized carbons (Fsp3) is 0.143. The van der Waals surface area contributed by atoms with Gasteiger partial charge in [-0.1, -0.05) is 34.8 Å². The zero-order chi connectivity index (χ0) is 31.0. The summed E-state index contributed by atoms with van der Waals surface area (Å²) in [5.74, 6) is -10.2. The number of carbonyl (C=O) groups is 1. The van der Waals surface area contributed by atoms with Gasteiger partial charge in [-0.05, 0) is 60.7 Å². The van der Waals surface area contributed by atoms with Crippen LogP contribution in [0.1, 0.15) is 10.6 Å². The van der Waals surface area contributed by atoms with Gasteiger partial charge in [-0.15, -0.1) is 0 Å². The van der Waals surface area contributed by atoms with Crippen molar-refractivity contribution in [3.05, 3.63) is 98.4 Å². The van der Waals surface area contributed by atoms with Crippen LogP contribution < -0.4 is 20.4 Å². The topological polar surface area (TPSA) is 60.8 Å². The molecule has 224 valence electrons. The number of halogens is 8. The third-order valence-corrected chi connectivity index (χ3v) is 7.64. The Morgan fingerprint density at radius 3 is 2.02 bits per heavy atom. The molecule has 0 spiro atoms. The monoisotopic (exact) mass is 674 g/mol. The summed E-state index contributed by atoms with van der Waals surface area (Å²) in [7, 11) is 0. The van der Waals surface area contributed by atoms with Crippen LogP contribution in [0, 0.1) is 29.1 Å². The Balaban J connectivity index is 1.19. The van der Waals surface area contributed by atoms with E-state index in [0.717, 1.165) is 4.90 Å². The van der Waals surface area contributed by atoms with E-state index in [1.807, 2.05) is 0 Å². The van der Waals surface area contributed by atoms with E-state index in [0.29, 0.717) is 37.8 Å². The molecule has 1 fully saturated rings. The van der Waals surface area contributed by atoms with Crippen molar-refractivity contribution in [2.24, 2.45) is 0 Å². The van der Waals surface area contributed by atoms with Gasteiger partial charge in [0.05, 0.1) is 15.7 Å². The Labute approximate surface area is 261 Å². The van der Waals surface area contributed by atoms with Crippen molar-refractivity contribution in [1.82, 2.24) is 5.32 Å². The van der Waals surface area contributed by atoms with Gasteiger partial charge in [0.25, 0.3) is 5.91 Å². The van der Waals surface area contributed by atoms with E-state index >= 15 is 0 Å². The number of anilines is 3. The molecule has 15 heteroatoms. The van der Waals surface area contributed by atoms with Crippen molar-refractivity contribution < 1.29 is 31.2 Å². The first-order chi connectivity index (χ1) is 20.4. The predicted molar refractivity (Wildman–Crippen MR) is 160 cm³/mol. The lowest BCUT2D eigenvalue weighted by atomic mass is 10.2. The van der Waals surface area contributed by atoms with Crippen molar-refractivity contribution in [1.29, 1.82) is 0 Å². The predicted octanol–water partition coefficient (Wildman–Crippen LogP) is 8.06. The summed E-state index contributed by atoms with van der Waals surface area (Å²) in [5, 5.41) is 6.42. The molecule has 0 saturated carbocycles. The molecular formula is C28H18Cl3F5N4O2S. The smallest absolute Gasteiger partial charge is 0.293 e. The Morgan fingerprint density at radius 2 is 1.40 bits per heavy atom. The molecule has 6 nitrogen and oxygen atoms in total. The highest BCUT2D eigenvalue weighted by atomic mass is 35.5. The summed E-state index contributed by atoms with van der Waals surface area (Å²) >= 11 is 23.8. The van der Waals surface area contributed by atoms with E-state index in [4.69, 9.17) is 51.4 Å². The second-order valence-electron chi connectivity index (χ2n) is 9.26. The summed E-state index contributed by atoms with van der Waals surface area (Å²) < 4.78 is 74.8. The molecule has 3 aromatic carbocycles. The van der Waals surface area contributed by atoms with Crippen LogP contribution in [0.25, 0.3) is 11.3 Å². The molecule has 1 aromatic heterocycles. The molecule has 2 N–H and O–H groups in total. The van der Waals surface area contributed by atoms with Crippen LogP contribution >= 0.6 is 47.0 Å². The van der Waals surface area contributed by atoms with Crippen LogP contribution in [0.15, 0.2) is 52.9 Å². The van der Waals surface area contributed by atoms with Crippen LogP contribution in [-0.4, -0.2) is 37.2 Å². The molecule has 1 aliphatic heterocycles. The maximum atomic E-state index is 14.2. The molecule has 0 bridgehead atoms. The number of rotatable bonds is 5. The third-order valence-electron chi connectivity index (χ3n) is 6.58. The summed E-state index contributed by atoms with van der Waals surface area (Å²) in [4.78, 5) is 15.6. The number of benzene rings is 3.